The van der Waals surface area contributed by atoms with Crippen LogP contribution in [-0.2, 0) is 0 Å². The van der Waals surface area contributed by atoms with E-state index in [1.807, 2.05) is 29.3 Å². The molecule has 0 atom stereocenters. The lowest BCUT2D eigenvalue weighted by Crippen LogP contribution is -2.36. The molecule has 5 nitrogen and oxygen atoms in total. The van der Waals surface area contributed by atoms with Crippen LogP contribution in [0.15, 0.2) is 35.7 Å². The number of piperidine rings is 1. The van der Waals surface area contributed by atoms with Crippen LogP contribution in [0, 0.1) is 6.92 Å². The summed E-state index contributed by atoms with van der Waals surface area (Å²) in [6.07, 6.45) is 3.16. The van der Waals surface area contributed by atoms with E-state index in [4.69, 9.17) is 11.6 Å². The number of likely N-dealkylation sites (tertiary alicyclic amines) is 1. The quantitative estimate of drug-likeness (QED) is 0.559. The van der Waals surface area contributed by atoms with E-state index in [-0.39, 0.29) is 11.8 Å². The van der Waals surface area contributed by atoms with Crippen molar-refractivity contribution in [3.63, 3.8) is 0 Å². The fraction of sp³-hybridized carbons (Fsp3) is 0.286. The maximum absolute atomic E-state index is 13.0. The van der Waals surface area contributed by atoms with E-state index in [2.05, 4.69) is 10.3 Å². The first-order chi connectivity index (χ1) is 14.0. The van der Waals surface area contributed by atoms with Crippen LogP contribution >= 0.6 is 34.3 Å². The minimum absolute atomic E-state index is 0.0723. The molecule has 0 unspecified atom stereocenters. The molecule has 2 aromatic heterocycles. The first kappa shape index (κ1) is 20.1. The normalized spacial score (nSPS) is 14.1. The molecule has 3 aromatic rings. The van der Waals surface area contributed by atoms with Gasteiger partial charge in [-0.1, -0.05) is 17.7 Å². The predicted molar refractivity (Wildman–Crippen MR) is 119 cm³/mol. The predicted octanol–water partition coefficient (Wildman–Crippen LogP) is 5.71. The number of nitrogens with zero attached hydrogens (tertiary/aromatic N) is 2. The lowest BCUT2D eigenvalue weighted by atomic mass is 10.1. The van der Waals surface area contributed by atoms with E-state index in [0.717, 1.165) is 42.2 Å². The van der Waals surface area contributed by atoms with Gasteiger partial charge in [0.25, 0.3) is 11.8 Å². The Kier molecular flexibility index (Phi) is 5.99. The molecule has 0 saturated carbocycles. The molecule has 0 aliphatic carbocycles. The first-order valence-corrected chi connectivity index (χ1v) is 11.5. The molecular weight excluding hydrogens is 426 g/mol. The summed E-state index contributed by atoms with van der Waals surface area (Å²) in [6.45, 7) is 3.31. The molecule has 1 saturated heterocycles. The van der Waals surface area contributed by atoms with Crippen molar-refractivity contribution in [2.45, 2.75) is 26.2 Å². The molecule has 8 heteroatoms. The second-order valence-corrected chi connectivity index (χ2v) is 9.29. The van der Waals surface area contributed by atoms with Crippen molar-refractivity contribution in [3.05, 3.63) is 56.9 Å². The molecule has 0 radical (unpaired) electrons. The summed E-state index contributed by atoms with van der Waals surface area (Å²) in [4.78, 5) is 33.9. The van der Waals surface area contributed by atoms with Gasteiger partial charge < -0.3 is 10.2 Å². The largest absolute Gasteiger partial charge is 0.339 e. The number of hydrogen-bond acceptors (Lipinski definition) is 5. The van der Waals surface area contributed by atoms with Crippen molar-refractivity contribution in [2.75, 3.05) is 18.4 Å². The molecule has 1 fully saturated rings. The summed E-state index contributed by atoms with van der Waals surface area (Å²) in [7, 11) is 0. The Morgan fingerprint density at radius 1 is 1.17 bits per heavy atom. The van der Waals surface area contributed by atoms with E-state index < -0.39 is 0 Å². The van der Waals surface area contributed by atoms with E-state index in [1.54, 1.807) is 29.5 Å². The standard InChI is InChI=1S/C21H20ClN3O2S2/c1-13-18(29-20(23-13)17-6-5-11-28-17)19(26)24-16-12-14(22)7-8-15(16)21(27)25-9-3-2-4-10-25/h5-8,11-12H,2-4,9-10H2,1H3,(H,24,26). The third-order valence-electron chi connectivity index (χ3n) is 4.84. The van der Waals surface area contributed by atoms with E-state index in [1.165, 1.54) is 11.3 Å². The average molecular weight is 446 g/mol. The van der Waals surface area contributed by atoms with Crippen LogP contribution in [0.25, 0.3) is 9.88 Å². The average Bonchev–Trinajstić information content (AvgIpc) is 3.38. The van der Waals surface area contributed by atoms with Gasteiger partial charge in [0.1, 0.15) is 9.88 Å². The highest BCUT2D eigenvalue weighted by Crippen LogP contribution is 2.32. The van der Waals surface area contributed by atoms with E-state index in [9.17, 15) is 9.59 Å². The third kappa shape index (κ3) is 4.37. The van der Waals surface area contributed by atoms with Crippen molar-refractivity contribution < 1.29 is 9.59 Å². The van der Waals surface area contributed by atoms with Crippen LogP contribution in [0.5, 0.6) is 0 Å². The Hall–Kier alpha value is -2.22. The van der Waals surface area contributed by atoms with Gasteiger partial charge in [-0.3, -0.25) is 9.59 Å². The number of halogens is 1. The van der Waals surface area contributed by atoms with Crippen molar-refractivity contribution in [1.82, 2.24) is 9.88 Å². The van der Waals surface area contributed by atoms with Gasteiger partial charge in [-0.25, -0.2) is 4.98 Å². The Morgan fingerprint density at radius 3 is 2.69 bits per heavy atom. The maximum atomic E-state index is 13.0. The van der Waals surface area contributed by atoms with Gasteiger partial charge >= 0.3 is 0 Å². The minimum Gasteiger partial charge on any atom is -0.339 e. The summed E-state index contributed by atoms with van der Waals surface area (Å²) >= 11 is 9.09. The Labute approximate surface area is 182 Å². The lowest BCUT2D eigenvalue weighted by molar-refractivity contribution is 0.0725. The molecule has 3 heterocycles. The molecule has 1 N–H and O–H groups in total. The van der Waals surface area contributed by atoms with Gasteiger partial charge in [-0.2, -0.15) is 0 Å². The van der Waals surface area contributed by atoms with Crippen LogP contribution in [0.4, 0.5) is 5.69 Å². The smallest absolute Gasteiger partial charge is 0.267 e. The number of rotatable bonds is 4. The Morgan fingerprint density at radius 2 is 1.97 bits per heavy atom. The fourth-order valence-corrected chi connectivity index (χ4v) is 5.30. The van der Waals surface area contributed by atoms with Crippen LogP contribution in [-0.4, -0.2) is 34.8 Å². The number of aryl methyl sites for hydroxylation is 1. The zero-order valence-electron chi connectivity index (χ0n) is 15.9. The third-order valence-corrected chi connectivity index (χ3v) is 7.27. The van der Waals surface area contributed by atoms with Gasteiger partial charge in [0.15, 0.2) is 0 Å². The maximum Gasteiger partial charge on any atom is 0.267 e. The molecule has 2 amide bonds. The number of thiophene rings is 1. The van der Waals surface area contributed by atoms with Crippen molar-refractivity contribution in [3.8, 4) is 9.88 Å². The fourth-order valence-electron chi connectivity index (χ4n) is 3.37. The van der Waals surface area contributed by atoms with Gasteiger partial charge in [0.05, 0.1) is 21.8 Å². The zero-order chi connectivity index (χ0) is 20.4. The van der Waals surface area contributed by atoms with Crippen LogP contribution in [0.1, 0.15) is 45.0 Å². The van der Waals surface area contributed by atoms with E-state index in [0.29, 0.717) is 26.8 Å². The second kappa shape index (κ2) is 8.65. The molecule has 0 spiro atoms. The number of amides is 2. The van der Waals surface area contributed by atoms with Gasteiger partial charge in [0.2, 0.25) is 0 Å². The number of hydrogen-bond donors (Lipinski definition) is 1. The van der Waals surface area contributed by atoms with Gasteiger partial charge in [-0.05, 0) is 55.8 Å². The van der Waals surface area contributed by atoms with Crippen LogP contribution in [0.2, 0.25) is 5.02 Å². The number of aromatic nitrogens is 1. The van der Waals surface area contributed by atoms with Crippen LogP contribution in [0.3, 0.4) is 0 Å². The summed E-state index contributed by atoms with van der Waals surface area (Å²) in [5.41, 5.74) is 1.57. The number of nitrogens with one attached hydrogen (secondary N) is 1. The molecule has 1 aliphatic heterocycles. The molecule has 29 heavy (non-hydrogen) atoms. The van der Waals surface area contributed by atoms with Crippen molar-refractivity contribution in [1.29, 1.82) is 0 Å². The minimum atomic E-state index is -0.280. The van der Waals surface area contributed by atoms with Gasteiger partial charge in [-0.15, -0.1) is 22.7 Å². The van der Waals surface area contributed by atoms with Crippen LogP contribution < -0.4 is 5.32 Å². The zero-order valence-corrected chi connectivity index (χ0v) is 18.3. The number of benzene rings is 1. The lowest BCUT2D eigenvalue weighted by Gasteiger charge is -2.27. The number of anilines is 1. The molecule has 1 aliphatic rings. The molecule has 1 aromatic carbocycles. The molecule has 4 rings (SSSR count). The summed E-state index contributed by atoms with van der Waals surface area (Å²) < 4.78 is 0. The molecule has 150 valence electrons. The first-order valence-electron chi connectivity index (χ1n) is 9.44. The Bertz CT molecular complexity index is 1040. The highest BCUT2D eigenvalue weighted by molar-refractivity contribution is 7.22. The Balaban J connectivity index is 1.60. The number of thiazole rings is 1. The SMILES string of the molecule is Cc1nc(-c2cccs2)sc1C(=O)Nc1cc(Cl)ccc1C(=O)N1CCCCC1. The number of carbonyl (C=O) groups is 2. The highest BCUT2D eigenvalue weighted by Gasteiger charge is 2.23. The second-order valence-electron chi connectivity index (χ2n) is 6.91. The van der Waals surface area contributed by atoms with Crippen molar-refractivity contribution >= 4 is 51.8 Å². The number of carbonyl (C=O) groups excluding carboxylic acids is 2. The monoisotopic (exact) mass is 445 g/mol. The highest BCUT2D eigenvalue weighted by atomic mass is 35.5. The van der Waals surface area contributed by atoms with Gasteiger partial charge in [0, 0.05) is 18.1 Å². The summed E-state index contributed by atoms with van der Waals surface area (Å²) in [6, 6.07) is 8.94. The van der Waals surface area contributed by atoms with E-state index >= 15 is 0 Å². The molecular formula is C21H20ClN3O2S2. The molecule has 0 bridgehead atoms. The van der Waals surface area contributed by atoms with Crippen molar-refractivity contribution in [2.24, 2.45) is 0 Å². The summed E-state index contributed by atoms with van der Waals surface area (Å²) in [5.74, 6) is -0.352. The topological polar surface area (TPSA) is 62.3 Å². The summed E-state index contributed by atoms with van der Waals surface area (Å²) in [5, 5.41) is 6.16.